The van der Waals surface area contributed by atoms with Crippen molar-refractivity contribution in [2.24, 2.45) is 4.99 Å². The van der Waals surface area contributed by atoms with Gasteiger partial charge in [0.2, 0.25) is 0 Å². The first-order chi connectivity index (χ1) is 10.2. The Bertz CT molecular complexity index is 390. The first-order valence-electron chi connectivity index (χ1n) is 8.20. The number of aliphatic imine (C=N–C) groups is 1. The summed E-state index contributed by atoms with van der Waals surface area (Å²) in [5.41, 5.74) is 1.51. The lowest BCUT2D eigenvalue weighted by atomic mass is 9.80. The van der Waals surface area contributed by atoms with E-state index in [2.05, 4.69) is 11.9 Å². The lowest BCUT2D eigenvalue weighted by Crippen LogP contribution is -2.29. The van der Waals surface area contributed by atoms with Gasteiger partial charge in [-0.25, -0.2) is 0 Å². The number of hydrogen-bond acceptors (Lipinski definition) is 3. The van der Waals surface area contributed by atoms with E-state index in [4.69, 9.17) is 10.0 Å². The highest BCUT2D eigenvalue weighted by molar-refractivity contribution is 6.58. The molecule has 0 aliphatic heterocycles. The zero-order chi connectivity index (χ0) is 15.3. The molecule has 0 amide bonds. The Morgan fingerprint density at radius 3 is 2.05 bits per heavy atom. The number of rotatable bonds is 11. The van der Waals surface area contributed by atoms with Crippen LogP contribution in [0.3, 0.4) is 0 Å². The van der Waals surface area contributed by atoms with Crippen LogP contribution in [-0.2, 0) is 0 Å². The summed E-state index contributed by atoms with van der Waals surface area (Å²) >= 11 is 0. The fraction of sp³-hybridized carbons (Fsp3) is 0.588. The number of benzene rings is 1. The average Bonchev–Trinajstić information content (AvgIpc) is 2.49. The second-order valence-corrected chi connectivity index (χ2v) is 5.55. The Kier molecular flexibility index (Phi) is 9.84. The monoisotopic (exact) mass is 289 g/mol. The van der Waals surface area contributed by atoms with Crippen LogP contribution in [0.2, 0.25) is 0 Å². The SMILES string of the molecule is CCCCCCCCCC/N=C/c1ccc(B(O)O)cc1. The molecule has 116 valence electrons. The lowest BCUT2D eigenvalue weighted by Gasteiger charge is -2.00. The highest BCUT2D eigenvalue weighted by Gasteiger charge is 2.08. The fourth-order valence-electron chi connectivity index (χ4n) is 2.26. The highest BCUT2D eigenvalue weighted by atomic mass is 16.4. The summed E-state index contributed by atoms with van der Waals surface area (Å²) in [7, 11) is -1.40. The first-order valence-corrected chi connectivity index (χ1v) is 8.20. The van der Waals surface area contributed by atoms with Crippen molar-refractivity contribution in [2.45, 2.75) is 58.3 Å². The van der Waals surface area contributed by atoms with Gasteiger partial charge in [0.25, 0.3) is 0 Å². The van der Waals surface area contributed by atoms with Crippen LogP contribution < -0.4 is 5.46 Å². The van der Waals surface area contributed by atoms with Crippen LogP contribution in [0.25, 0.3) is 0 Å². The zero-order valence-corrected chi connectivity index (χ0v) is 13.2. The molecular formula is C17H28BNO2. The van der Waals surface area contributed by atoms with E-state index in [0.717, 1.165) is 18.5 Å². The topological polar surface area (TPSA) is 52.8 Å². The molecule has 0 radical (unpaired) electrons. The van der Waals surface area contributed by atoms with Crippen molar-refractivity contribution in [1.82, 2.24) is 0 Å². The van der Waals surface area contributed by atoms with Gasteiger partial charge in [0.05, 0.1) is 0 Å². The van der Waals surface area contributed by atoms with Crippen molar-refractivity contribution < 1.29 is 10.0 Å². The van der Waals surface area contributed by atoms with E-state index in [-0.39, 0.29) is 0 Å². The molecule has 3 nitrogen and oxygen atoms in total. The van der Waals surface area contributed by atoms with Crippen molar-refractivity contribution >= 4 is 18.8 Å². The second kappa shape index (κ2) is 11.5. The van der Waals surface area contributed by atoms with Gasteiger partial charge in [-0.15, -0.1) is 0 Å². The first kappa shape index (κ1) is 17.9. The molecule has 0 aromatic heterocycles. The van der Waals surface area contributed by atoms with Gasteiger partial charge in [-0.05, 0) is 17.4 Å². The van der Waals surface area contributed by atoms with Gasteiger partial charge in [0.1, 0.15) is 0 Å². The molecule has 0 unspecified atom stereocenters. The molecule has 0 aliphatic carbocycles. The highest BCUT2D eigenvalue weighted by Crippen LogP contribution is 2.08. The summed E-state index contributed by atoms with van der Waals surface area (Å²) in [6.07, 6.45) is 12.4. The summed E-state index contributed by atoms with van der Waals surface area (Å²) in [5.74, 6) is 0. The van der Waals surface area contributed by atoms with Crippen molar-refractivity contribution in [3.63, 3.8) is 0 Å². The maximum Gasteiger partial charge on any atom is 0.488 e. The third kappa shape index (κ3) is 8.69. The van der Waals surface area contributed by atoms with Crippen molar-refractivity contribution in [3.8, 4) is 0 Å². The maximum absolute atomic E-state index is 9.00. The van der Waals surface area contributed by atoms with Gasteiger partial charge in [0.15, 0.2) is 0 Å². The van der Waals surface area contributed by atoms with E-state index >= 15 is 0 Å². The van der Waals surface area contributed by atoms with Crippen molar-refractivity contribution in [2.75, 3.05) is 6.54 Å². The molecule has 2 N–H and O–H groups in total. The normalized spacial score (nSPS) is 11.2. The Hall–Kier alpha value is -1.13. The predicted octanol–water partition coefficient (Wildman–Crippen LogP) is 2.93. The summed E-state index contributed by atoms with van der Waals surface area (Å²) in [5, 5.41) is 18.0. The van der Waals surface area contributed by atoms with Gasteiger partial charge in [-0.3, -0.25) is 4.99 Å². The molecule has 0 atom stereocenters. The zero-order valence-electron chi connectivity index (χ0n) is 13.2. The van der Waals surface area contributed by atoms with Crippen LogP contribution >= 0.6 is 0 Å². The third-order valence-corrected chi connectivity index (χ3v) is 3.62. The average molecular weight is 289 g/mol. The van der Waals surface area contributed by atoms with Crippen LogP contribution in [0.4, 0.5) is 0 Å². The second-order valence-electron chi connectivity index (χ2n) is 5.55. The van der Waals surface area contributed by atoms with E-state index in [1.807, 2.05) is 18.3 Å². The van der Waals surface area contributed by atoms with Gasteiger partial charge in [-0.2, -0.15) is 0 Å². The van der Waals surface area contributed by atoms with Crippen LogP contribution in [0.15, 0.2) is 29.3 Å². The van der Waals surface area contributed by atoms with Crippen LogP contribution in [0.1, 0.15) is 63.9 Å². The Morgan fingerprint density at radius 2 is 1.48 bits per heavy atom. The molecule has 4 heteroatoms. The molecule has 0 spiro atoms. The van der Waals surface area contributed by atoms with Crippen LogP contribution in [0, 0.1) is 0 Å². The van der Waals surface area contributed by atoms with Gasteiger partial charge in [0, 0.05) is 12.8 Å². The number of nitrogens with zero attached hydrogens (tertiary/aromatic N) is 1. The maximum atomic E-state index is 9.00. The van der Waals surface area contributed by atoms with E-state index in [0.29, 0.717) is 5.46 Å². The van der Waals surface area contributed by atoms with Gasteiger partial charge >= 0.3 is 7.12 Å². The smallest absolute Gasteiger partial charge is 0.423 e. The summed E-state index contributed by atoms with van der Waals surface area (Å²) in [6.45, 7) is 3.12. The molecule has 0 aliphatic rings. The molecular weight excluding hydrogens is 261 g/mol. The van der Waals surface area contributed by atoms with Crippen LogP contribution in [-0.4, -0.2) is 29.9 Å². The van der Waals surface area contributed by atoms with Crippen molar-refractivity contribution in [1.29, 1.82) is 0 Å². The molecule has 0 fully saturated rings. The van der Waals surface area contributed by atoms with E-state index < -0.39 is 7.12 Å². The lowest BCUT2D eigenvalue weighted by molar-refractivity contribution is 0.426. The molecule has 0 bridgehead atoms. The Morgan fingerprint density at radius 1 is 0.905 bits per heavy atom. The number of unbranched alkanes of at least 4 members (excludes halogenated alkanes) is 7. The standard InChI is InChI=1S/C17H28BNO2/c1-2-3-4-5-6-7-8-9-14-19-15-16-10-12-17(13-11-16)18(20)21/h10-13,15,20-21H,2-9,14H2,1H3/b19-15+. The summed E-state index contributed by atoms with van der Waals surface area (Å²) in [6, 6.07) is 7.13. The molecule has 0 saturated carbocycles. The molecule has 1 rings (SSSR count). The van der Waals surface area contributed by atoms with Crippen molar-refractivity contribution in [3.05, 3.63) is 29.8 Å². The van der Waals surface area contributed by atoms with E-state index in [1.165, 1.54) is 44.9 Å². The van der Waals surface area contributed by atoms with E-state index in [9.17, 15) is 0 Å². The minimum Gasteiger partial charge on any atom is -0.423 e. The summed E-state index contributed by atoms with van der Waals surface area (Å²) in [4.78, 5) is 4.41. The Balaban J connectivity index is 2.06. The minimum absolute atomic E-state index is 0.509. The molecule has 0 heterocycles. The summed E-state index contributed by atoms with van der Waals surface area (Å²) < 4.78 is 0. The molecule has 1 aromatic rings. The quantitative estimate of drug-likeness (QED) is 0.374. The largest absolute Gasteiger partial charge is 0.488 e. The molecule has 0 saturated heterocycles. The van der Waals surface area contributed by atoms with Gasteiger partial charge in [-0.1, -0.05) is 76.1 Å². The van der Waals surface area contributed by atoms with Crippen LogP contribution in [0.5, 0.6) is 0 Å². The molecule has 21 heavy (non-hydrogen) atoms. The fourth-order valence-corrected chi connectivity index (χ4v) is 2.26. The Labute approximate surface area is 129 Å². The predicted molar refractivity (Wildman–Crippen MR) is 91.3 cm³/mol. The minimum atomic E-state index is -1.40. The number of hydrogen-bond donors (Lipinski definition) is 2. The molecule has 1 aromatic carbocycles. The third-order valence-electron chi connectivity index (χ3n) is 3.62. The van der Waals surface area contributed by atoms with E-state index in [1.54, 1.807) is 12.1 Å². The van der Waals surface area contributed by atoms with Gasteiger partial charge < -0.3 is 10.0 Å².